The van der Waals surface area contributed by atoms with E-state index >= 15 is 0 Å². The second kappa shape index (κ2) is 10.1. The van der Waals surface area contributed by atoms with Crippen molar-refractivity contribution in [2.75, 3.05) is 57.8 Å². The Morgan fingerprint density at radius 1 is 1.00 bits per heavy atom. The lowest BCUT2D eigenvalue weighted by Gasteiger charge is -2.39. The van der Waals surface area contributed by atoms with Gasteiger partial charge in [-0.25, -0.2) is 9.97 Å². The largest absolute Gasteiger partial charge is 0.356 e. The predicted molar refractivity (Wildman–Crippen MR) is 153 cm³/mol. The summed E-state index contributed by atoms with van der Waals surface area (Å²) in [7, 11) is 2.27. The van der Waals surface area contributed by atoms with E-state index in [-0.39, 0.29) is 0 Å². The number of hydrogen-bond donors (Lipinski definition) is 1. The number of hydrogen-bond acceptors (Lipinski definition) is 5. The van der Waals surface area contributed by atoms with Crippen molar-refractivity contribution in [2.45, 2.75) is 46.6 Å². The van der Waals surface area contributed by atoms with Gasteiger partial charge in [0.2, 0.25) is 0 Å². The van der Waals surface area contributed by atoms with Crippen molar-refractivity contribution in [1.82, 2.24) is 29.3 Å². The lowest BCUT2D eigenvalue weighted by atomic mass is 9.97. The van der Waals surface area contributed by atoms with Crippen molar-refractivity contribution in [3.8, 4) is 0 Å². The predicted octanol–water partition coefficient (Wildman–Crippen LogP) is 4.60. The topological polar surface area (TPSA) is 56.2 Å². The summed E-state index contributed by atoms with van der Waals surface area (Å²) in [5.41, 5.74) is 6.78. The number of rotatable bonds is 6. The van der Waals surface area contributed by atoms with Gasteiger partial charge in [-0.1, -0.05) is 13.0 Å². The zero-order valence-corrected chi connectivity index (χ0v) is 22.9. The van der Waals surface area contributed by atoms with Crippen LogP contribution in [-0.4, -0.2) is 82.2 Å². The molecule has 0 radical (unpaired) electrons. The van der Waals surface area contributed by atoms with Gasteiger partial charge in [0.05, 0.1) is 6.54 Å². The molecule has 2 aliphatic heterocycles. The summed E-state index contributed by atoms with van der Waals surface area (Å²) < 4.78 is 2.30. The van der Waals surface area contributed by atoms with Crippen LogP contribution >= 0.6 is 0 Å². The van der Waals surface area contributed by atoms with E-state index in [0.717, 1.165) is 67.7 Å². The fourth-order valence-electron chi connectivity index (χ4n) is 6.46. The third kappa shape index (κ3) is 4.99. The van der Waals surface area contributed by atoms with E-state index in [1.165, 1.54) is 60.3 Å². The van der Waals surface area contributed by atoms with Crippen LogP contribution in [0.3, 0.4) is 0 Å². The van der Waals surface area contributed by atoms with Crippen molar-refractivity contribution in [3.63, 3.8) is 0 Å². The fraction of sp³-hybridized carbons (Fsp3) is 0.533. The van der Waals surface area contributed by atoms with Gasteiger partial charge in [-0.2, -0.15) is 0 Å². The SMILES string of the molecule is CCc1nc2c(C)cc(C)nc2n1Cc1ccc2[nH]c(N3CCN(CC4CCCN(C)C4)CC3)cc2c1. The molecule has 0 bridgehead atoms. The van der Waals surface area contributed by atoms with Crippen LogP contribution in [0.2, 0.25) is 0 Å². The molecule has 0 aliphatic carbocycles. The number of nitrogens with one attached hydrogen (secondary N) is 1. The van der Waals surface area contributed by atoms with Crippen molar-refractivity contribution >= 4 is 27.9 Å². The standard InChI is InChI=1S/C30H41N7/c1-5-27-33-29-21(2)15-22(3)31-30(29)37(27)20-23-8-9-26-25(16-23)17-28(32-26)36-13-11-35(12-14-36)19-24-7-6-10-34(4)18-24/h8-9,15-17,24,32H,5-7,10-14,18-20H2,1-4H3. The van der Waals surface area contributed by atoms with Crippen molar-refractivity contribution in [1.29, 1.82) is 0 Å². The Kier molecular flexibility index (Phi) is 6.67. The van der Waals surface area contributed by atoms with Crippen LogP contribution in [-0.2, 0) is 13.0 Å². The first-order chi connectivity index (χ1) is 18.0. The molecule has 1 unspecified atom stereocenters. The van der Waals surface area contributed by atoms with Crippen LogP contribution in [0, 0.1) is 19.8 Å². The molecule has 37 heavy (non-hydrogen) atoms. The summed E-state index contributed by atoms with van der Waals surface area (Å²) in [5, 5.41) is 1.28. The fourth-order valence-corrected chi connectivity index (χ4v) is 6.46. The Labute approximate surface area is 220 Å². The molecule has 7 heteroatoms. The monoisotopic (exact) mass is 499 g/mol. The Morgan fingerprint density at radius 3 is 2.62 bits per heavy atom. The molecule has 0 spiro atoms. The number of likely N-dealkylation sites (tertiary alicyclic amines) is 1. The van der Waals surface area contributed by atoms with Crippen LogP contribution < -0.4 is 4.90 Å². The minimum Gasteiger partial charge on any atom is -0.356 e. The van der Waals surface area contributed by atoms with E-state index in [2.05, 4.69) is 82.4 Å². The van der Waals surface area contributed by atoms with Crippen LogP contribution in [0.5, 0.6) is 0 Å². The first kappa shape index (κ1) is 24.4. The third-order valence-corrected chi connectivity index (χ3v) is 8.38. The van der Waals surface area contributed by atoms with E-state index in [9.17, 15) is 0 Å². The Bertz CT molecular complexity index is 1390. The van der Waals surface area contributed by atoms with Gasteiger partial charge in [-0.15, -0.1) is 0 Å². The van der Waals surface area contributed by atoms with Gasteiger partial charge < -0.3 is 19.4 Å². The number of H-pyrrole nitrogens is 1. The number of nitrogens with zero attached hydrogens (tertiary/aromatic N) is 6. The summed E-state index contributed by atoms with van der Waals surface area (Å²) in [6.45, 7) is 15.4. The van der Waals surface area contributed by atoms with Gasteiger partial charge in [0, 0.05) is 62.3 Å². The molecule has 1 aromatic carbocycles. The molecule has 7 nitrogen and oxygen atoms in total. The maximum Gasteiger partial charge on any atom is 0.160 e. The number of anilines is 1. The highest BCUT2D eigenvalue weighted by Gasteiger charge is 2.24. The van der Waals surface area contributed by atoms with Gasteiger partial charge in [0.25, 0.3) is 0 Å². The molecule has 1 N–H and O–H groups in total. The number of fused-ring (bicyclic) bond motifs is 2. The van der Waals surface area contributed by atoms with Crippen LogP contribution in [0.25, 0.3) is 22.1 Å². The first-order valence-electron chi connectivity index (χ1n) is 14.1. The Balaban J connectivity index is 1.16. The van der Waals surface area contributed by atoms with Gasteiger partial charge in [-0.05, 0) is 81.6 Å². The number of aryl methyl sites for hydroxylation is 3. The van der Waals surface area contributed by atoms with E-state index in [4.69, 9.17) is 9.97 Å². The minimum absolute atomic E-state index is 0.793. The van der Waals surface area contributed by atoms with E-state index in [0.29, 0.717) is 0 Å². The Hall–Kier alpha value is -2.90. The molecule has 6 rings (SSSR count). The second-order valence-electron chi connectivity index (χ2n) is 11.4. The van der Waals surface area contributed by atoms with Gasteiger partial charge in [0.1, 0.15) is 17.2 Å². The van der Waals surface area contributed by atoms with E-state index in [1.54, 1.807) is 0 Å². The number of piperidine rings is 1. The molecule has 0 saturated carbocycles. The minimum atomic E-state index is 0.793. The highest BCUT2D eigenvalue weighted by Crippen LogP contribution is 2.26. The highest BCUT2D eigenvalue weighted by molar-refractivity contribution is 5.85. The molecule has 2 saturated heterocycles. The molecule has 1 atom stereocenters. The zero-order valence-electron chi connectivity index (χ0n) is 22.9. The molecule has 3 aromatic heterocycles. The summed E-state index contributed by atoms with van der Waals surface area (Å²) in [6, 6.07) is 11.3. The third-order valence-electron chi connectivity index (χ3n) is 8.38. The lowest BCUT2D eigenvalue weighted by Crippen LogP contribution is -2.49. The molecular formula is C30H41N7. The Morgan fingerprint density at radius 2 is 1.84 bits per heavy atom. The molecule has 196 valence electrons. The summed E-state index contributed by atoms with van der Waals surface area (Å²) in [4.78, 5) is 21.2. The summed E-state index contributed by atoms with van der Waals surface area (Å²) in [6.07, 6.45) is 3.64. The molecule has 2 aliphatic rings. The number of aromatic amines is 1. The number of imidazole rings is 1. The lowest BCUT2D eigenvalue weighted by molar-refractivity contribution is 0.147. The first-order valence-corrected chi connectivity index (χ1v) is 14.1. The maximum absolute atomic E-state index is 4.92. The van der Waals surface area contributed by atoms with E-state index < -0.39 is 0 Å². The molecule has 5 heterocycles. The number of aromatic nitrogens is 4. The van der Waals surface area contributed by atoms with Crippen molar-refractivity contribution in [2.24, 2.45) is 5.92 Å². The average molecular weight is 500 g/mol. The normalized spacial score (nSPS) is 19.9. The molecule has 0 amide bonds. The zero-order chi connectivity index (χ0) is 25.5. The van der Waals surface area contributed by atoms with Gasteiger partial charge in [-0.3, -0.25) is 4.90 Å². The average Bonchev–Trinajstić information content (AvgIpc) is 3.46. The summed E-state index contributed by atoms with van der Waals surface area (Å²) >= 11 is 0. The second-order valence-corrected chi connectivity index (χ2v) is 11.4. The van der Waals surface area contributed by atoms with Gasteiger partial charge in [0.15, 0.2) is 5.65 Å². The maximum atomic E-state index is 4.92. The van der Waals surface area contributed by atoms with Crippen LogP contribution in [0.1, 0.15) is 42.4 Å². The molecular weight excluding hydrogens is 458 g/mol. The van der Waals surface area contributed by atoms with Crippen LogP contribution in [0.15, 0.2) is 30.3 Å². The molecule has 2 fully saturated rings. The van der Waals surface area contributed by atoms with Gasteiger partial charge >= 0.3 is 0 Å². The number of benzene rings is 1. The van der Waals surface area contributed by atoms with Crippen molar-refractivity contribution < 1.29 is 0 Å². The summed E-state index contributed by atoms with van der Waals surface area (Å²) in [5.74, 6) is 3.18. The quantitative estimate of drug-likeness (QED) is 0.420. The number of pyridine rings is 1. The smallest absolute Gasteiger partial charge is 0.160 e. The van der Waals surface area contributed by atoms with E-state index in [1.807, 2.05) is 0 Å². The van der Waals surface area contributed by atoms with Crippen LogP contribution in [0.4, 0.5) is 5.82 Å². The molecule has 4 aromatic rings. The number of piperazine rings is 1. The highest BCUT2D eigenvalue weighted by atomic mass is 15.3. The van der Waals surface area contributed by atoms with Crippen molar-refractivity contribution in [3.05, 3.63) is 53.0 Å².